The summed E-state index contributed by atoms with van der Waals surface area (Å²) < 4.78 is 23.3. The monoisotopic (exact) mass is 243 g/mol. The van der Waals surface area contributed by atoms with Gasteiger partial charge in [-0.2, -0.15) is 0 Å². The molecule has 0 bridgehead atoms. The van der Waals surface area contributed by atoms with Crippen molar-refractivity contribution in [3.8, 4) is 0 Å². The van der Waals surface area contributed by atoms with Gasteiger partial charge in [0.05, 0.1) is 12.2 Å². The van der Waals surface area contributed by atoms with Crippen LogP contribution >= 0.6 is 7.60 Å². The summed E-state index contributed by atoms with van der Waals surface area (Å²) in [5, 5.41) is 0. The molecule has 1 aromatic rings. The molecule has 0 saturated heterocycles. The van der Waals surface area contributed by atoms with E-state index in [0.29, 0.717) is 5.44 Å². The molecule has 0 aliphatic heterocycles. The van der Waals surface area contributed by atoms with Crippen molar-refractivity contribution in [2.45, 2.75) is 39.9 Å². The summed E-state index contributed by atoms with van der Waals surface area (Å²) in [5.74, 6) is 0. The van der Waals surface area contributed by atoms with Crippen LogP contribution in [0.15, 0.2) is 24.4 Å². The van der Waals surface area contributed by atoms with E-state index in [1.807, 2.05) is 27.7 Å². The molecular weight excluding hydrogens is 225 g/mol. The number of aromatic nitrogens is 1. The van der Waals surface area contributed by atoms with Crippen molar-refractivity contribution >= 4 is 13.0 Å². The van der Waals surface area contributed by atoms with Crippen LogP contribution in [-0.2, 0) is 13.6 Å². The molecule has 0 unspecified atom stereocenters. The third-order valence-electron chi connectivity index (χ3n) is 1.63. The van der Waals surface area contributed by atoms with Crippen molar-refractivity contribution in [2.75, 3.05) is 0 Å². The van der Waals surface area contributed by atoms with Crippen molar-refractivity contribution < 1.29 is 13.6 Å². The molecular formula is C11H18NO3P. The van der Waals surface area contributed by atoms with Crippen LogP contribution in [0.3, 0.4) is 0 Å². The number of hydrogen-bond donors (Lipinski definition) is 0. The average molecular weight is 243 g/mol. The minimum atomic E-state index is -3.30. The van der Waals surface area contributed by atoms with Gasteiger partial charge in [0.1, 0.15) is 0 Å². The molecule has 16 heavy (non-hydrogen) atoms. The van der Waals surface area contributed by atoms with Gasteiger partial charge in [0.2, 0.25) is 0 Å². The van der Waals surface area contributed by atoms with Gasteiger partial charge in [-0.1, -0.05) is 6.07 Å². The van der Waals surface area contributed by atoms with Gasteiger partial charge in [-0.15, -0.1) is 0 Å². The molecule has 0 atom stereocenters. The van der Waals surface area contributed by atoms with E-state index in [9.17, 15) is 4.57 Å². The topological polar surface area (TPSA) is 48.4 Å². The number of hydrogen-bond acceptors (Lipinski definition) is 4. The van der Waals surface area contributed by atoms with Crippen molar-refractivity contribution in [2.24, 2.45) is 0 Å². The first kappa shape index (κ1) is 13.4. The molecule has 0 amide bonds. The zero-order chi connectivity index (χ0) is 12.2. The van der Waals surface area contributed by atoms with Crippen molar-refractivity contribution in [3.05, 3.63) is 24.4 Å². The maximum absolute atomic E-state index is 12.5. The molecule has 0 aliphatic rings. The Hall–Kier alpha value is -0.700. The second-order valence-electron chi connectivity index (χ2n) is 3.99. The lowest BCUT2D eigenvalue weighted by Gasteiger charge is -2.21. The minimum Gasteiger partial charge on any atom is -0.301 e. The quantitative estimate of drug-likeness (QED) is 0.746. The van der Waals surface area contributed by atoms with Crippen molar-refractivity contribution in [1.29, 1.82) is 0 Å². The maximum Gasteiger partial charge on any atom is 0.380 e. The van der Waals surface area contributed by atoms with Gasteiger partial charge in [-0.05, 0) is 39.8 Å². The molecule has 1 rings (SSSR count). The molecule has 0 aromatic carbocycles. The highest BCUT2D eigenvalue weighted by molar-refractivity contribution is 7.61. The predicted octanol–water partition coefficient (Wildman–Crippen LogP) is 2.75. The largest absolute Gasteiger partial charge is 0.380 e. The lowest BCUT2D eigenvalue weighted by atomic mass is 10.5. The van der Waals surface area contributed by atoms with Crippen LogP contribution < -0.4 is 5.44 Å². The molecule has 4 nitrogen and oxygen atoms in total. The van der Waals surface area contributed by atoms with E-state index in [1.54, 1.807) is 24.4 Å². The van der Waals surface area contributed by atoms with Crippen molar-refractivity contribution in [3.63, 3.8) is 0 Å². The van der Waals surface area contributed by atoms with Gasteiger partial charge in [0.15, 0.2) is 5.44 Å². The molecule has 0 N–H and O–H groups in total. The van der Waals surface area contributed by atoms with Gasteiger partial charge in [0, 0.05) is 6.20 Å². The average Bonchev–Trinajstić information content (AvgIpc) is 2.16. The Bertz CT molecular complexity index is 351. The highest BCUT2D eigenvalue weighted by Gasteiger charge is 2.31. The first-order valence-corrected chi connectivity index (χ1v) is 6.87. The predicted molar refractivity (Wildman–Crippen MR) is 63.9 cm³/mol. The summed E-state index contributed by atoms with van der Waals surface area (Å²) in [7, 11) is -3.30. The van der Waals surface area contributed by atoms with Gasteiger partial charge >= 0.3 is 7.60 Å². The first-order valence-electron chi connectivity index (χ1n) is 5.32. The molecule has 0 saturated carbocycles. The highest BCUT2D eigenvalue weighted by Crippen LogP contribution is 2.48. The lowest BCUT2D eigenvalue weighted by molar-refractivity contribution is 0.149. The van der Waals surface area contributed by atoms with Gasteiger partial charge in [0.25, 0.3) is 0 Å². The van der Waals surface area contributed by atoms with E-state index >= 15 is 0 Å². The van der Waals surface area contributed by atoms with E-state index in [0.717, 1.165) is 0 Å². The Morgan fingerprint density at radius 1 is 1.12 bits per heavy atom. The summed E-state index contributed by atoms with van der Waals surface area (Å²) in [5.41, 5.74) is 0.359. The summed E-state index contributed by atoms with van der Waals surface area (Å²) in [6.45, 7) is 7.27. The normalized spacial score (nSPS) is 12.4. The fraction of sp³-hybridized carbons (Fsp3) is 0.545. The van der Waals surface area contributed by atoms with E-state index < -0.39 is 7.60 Å². The minimum absolute atomic E-state index is 0.174. The SMILES string of the molecule is CC(C)OP(=O)(OC(C)C)c1ccccn1. The van der Waals surface area contributed by atoms with Gasteiger partial charge < -0.3 is 9.05 Å². The van der Waals surface area contributed by atoms with Gasteiger partial charge in [-0.25, -0.2) is 4.98 Å². The lowest BCUT2D eigenvalue weighted by Crippen LogP contribution is -2.18. The van der Waals surface area contributed by atoms with E-state index in [-0.39, 0.29) is 12.2 Å². The Balaban J connectivity index is 3.00. The Labute approximate surface area is 96.5 Å². The second kappa shape index (κ2) is 5.58. The summed E-state index contributed by atoms with van der Waals surface area (Å²) >= 11 is 0. The smallest absolute Gasteiger partial charge is 0.301 e. The van der Waals surface area contributed by atoms with Crippen LogP contribution in [0.25, 0.3) is 0 Å². The Morgan fingerprint density at radius 3 is 2.06 bits per heavy atom. The third kappa shape index (κ3) is 3.71. The Kier molecular flexibility index (Phi) is 4.66. The number of nitrogens with zero attached hydrogens (tertiary/aromatic N) is 1. The maximum atomic E-state index is 12.5. The van der Waals surface area contributed by atoms with Crippen LogP contribution in [0.5, 0.6) is 0 Å². The molecule has 1 aromatic heterocycles. The van der Waals surface area contributed by atoms with Gasteiger partial charge in [-0.3, -0.25) is 4.57 Å². The molecule has 0 radical (unpaired) electrons. The third-order valence-corrected chi connectivity index (χ3v) is 3.85. The van der Waals surface area contributed by atoms with E-state index in [2.05, 4.69) is 4.98 Å². The van der Waals surface area contributed by atoms with Crippen LogP contribution in [0.2, 0.25) is 0 Å². The molecule has 1 heterocycles. The zero-order valence-electron chi connectivity index (χ0n) is 10.1. The fourth-order valence-corrected chi connectivity index (χ4v) is 3.06. The number of pyridine rings is 1. The fourth-order valence-electron chi connectivity index (χ4n) is 1.20. The van der Waals surface area contributed by atoms with Crippen LogP contribution in [0.1, 0.15) is 27.7 Å². The molecule has 5 heteroatoms. The van der Waals surface area contributed by atoms with Crippen LogP contribution in [-0.4, -0.2) is 17.2 Å². The standard InChI is InChI=1S/C11H18NO3P/c1-9(2)14-16(13,15-10(3)4)11-7-5-6-8-12-11/h5-10H,1-4H3. The second-order valence-corrected chi connectivity index (χ2v) is 5.87. The van der Waals surface area contributed by atoms with E-state index in [4.69, 9.17) is 9.05 Å². The molecule has 0 fully saturated rings. The van der Waals surface area contributed by atoms with Crippen molar-refractivity contribution in [1.82, 2.24) is 4.98 Å². The number of rotatable bonds is 5. The van der Waals surface area contributed by atoms with Crippen LogP contribution in [0, 0.1) is 0 Å². The summed E-state index contributed by atoms with van der Waals surface area (Å²) in [6, 6.07) is 5.19. The molecule has 0 aliphatic carbocycles. The van der Waals surface area contributed by atoms with Crippen LogP contribution in [0.4, 0.5) is 0 Å². The zero-order valence-corrected chi connectivity index (χ0v) is 11.0. The molecule has 90 valence electrons. The highest BCUT2D eigenvalue weighted by atomic mass is 31.2. The Morgan fingerprint density at radius 2 is 1.69 bits per heavy atom. The molecule has 0 spiro atoms. The van der Waals surface area contributed by atoms with E-state index in [1.165, 1.54) is 0 Å². The first-order chi connectivity index (χ1) is 7.44. The summed E-state index contributed by atoms with van der Waals surface area (Å²) in [6.07, 6.45) is 1.23. The summed E-state index contributed by atoms with van der Waals surface area (Å²) in [4.78, 5) is 4.04.